The van der Waals surface area contributed by atoms with Gasteiger partial charge in [-0.1, -0.05) is 6.07 Å². The highest BCUT2D eigenvalue weighted by Gasteiger charge is 2.18. The van der Waals surface area contributed by atoms with Crippen LogP contribution in [-0.4, -0.2) is 28.1 Å². The zero-order valence-corrected chi connectivity index (χ0v) is 17.9. The molecule has 7 nitrogen and oxygen atoms in total. The lowest BCUT2D eigenvalue weighted by Gasteiger charge is -2.13. The van der Waals surface area contributed by atoms with E-state index in [1.165, 1.54) is 13.0 Å². The molecule has 160 valence electrons. The van der Waals surface area contributed by atoms with Crippen molar-refractivity contribution in [3.8, 4) is 28.5 Å². The van der Waals surface area contributed by atoms with E-state index < -0.39 is 0 Å². The highest BCUT2D eigenvalue weighted by atomic mass is 19.1. The standard InChI is InChI=1S/C24H21FN6O/c1-13-6-15(11-27-3)7-20(25)23(13)18-9-19-21(8-17(18)10-26)30-31-24(19)16-4-5-22(28-12-16)29-14(2)32/h4-9,12,27H,11H2,1-3H3,(H,30,31)(H,28,29,32). The monoisotopic (exact) mass is 428 g/mol. The van der Waals surface area contributed by atoms with E-state index in [0.717, 1.165) is 22.1 Å². The summed E-state index contributed by atoms with van der Waals surface area (Å²) in [6.45, 7) is 3.80. The summed E-state index contributed by atoms with van der Waals surface area (Å²) in [5, 5.41) is 23.4. The van der Waals surface area contributed by atoms with Crippen LogP contribution in [0.25, 0.3) is 33.3 Å². The van der Waals surface area contributed by atoms with Crippen LogP contribution in [-0.2, 0) is 11.3 Å². The first-order chi connectivity index (χ1) is 15.4. The summed E-state index contributed by atoms with van der Waals surface area (Å²) in [6, 6.07) is 12.5. The fourth-order valence-electron chi connectivity index (χ4n) is 3.83. The van der Waals surface area contributed by atoms with Crippen LogP contribution < -0.4 is 10.6 Å². The normalized spacial score (nSPS) is 10.8. The Bertz CT molecular complexity index is 1350. The van der Waals surface area contributed by atoms with Gasteiger partial charge in [0.05, 0.1) is 17.1 Å². The number of aromatic nitrogens is 3. The van der Waals surface area contributed by atoms with Crippen LogP contribution in [0.1, 0.15) is 23.6 Å². The molecule has 0 aliphatic carbocycles. The summed E-state index contributed by atoms with van der Waals surface area (Å²) < 4.78 is 15.1. The van der Waals surface area contributed by atoms with Gasteiger partial charge in [-0.15, -0.1) is 0 Å². The SMILES string of the molecule is CNCc1cc(C)c(-c2cc3c(-c4ccc(NC(C)=O)nc4)n[nH]c3cc2C#N)c(F)c1. The average Bonchev–Trinajstić information content (AvgIpc) is 3.16. The number of carbonyl (C=O) groups is 1. The molecule has 2 aromatic heterocycles. The maximum atomic E-state index is 15.1. The van der Waals surface area contributed by atoms with Crippen LogP contribution in [0.2, 0.25) is 0 Å². The highest BCUT2D eigenvalue weighted by molar-refractivity contribution is 5.98. The zero-order valence-electron chi connectivity index (χ0n) is 17.9. The predicted octanol–water partition coefficient (Wildman–Crippen LogP) is 4.29. The highest BCUT2D eigenvalue weighted by Crippen LogP contribution is 2.36. The number of aryl methyl sites for hydroxylation is 1. The number of amides is 1. The van der Waals surface area contributed by atoms with Crippen LogP contribution in [0, 0.1) is 24.1 Å². The minimum absolute atomic E-state index is 0.206. The molecule has 0 spiro atoms. The number of benzene rings is 2. The van der Waals surface area contributed by atoms with Crippen molar-refractivity contribution >= 4 is 22.6 Å². The number of rotatable bonds is 5. The average molecular weight is 428 g/mol. The summed E-state index contributed by atoms with van der Waals surface area (Å²) in [6.07, 6.45) is 1.61. The van der Waals surface area contributed by atoms with Crippen LogP contribution in [0.15, 0.2) is 42.6 Å². The van der Waals surface area contributed by atoms with Gasteiger partial charge in [-0.2, -0.15) is 10.4 Å². The number of anilines is 1. The molecule has 0 saturated heterocycles. The third-order valence-electron chi connectivity index (χ3n) is 5.16. The summed E-state index contributed by atoms with van der Waals surface area (Å²) >= 11 is 0. The van der Waals surface area contributed by atoms with Gasteiger partial charge in [0, 0.05) is 41.7 Å². The Kier molecular flexibility index (Phi) is 5.67. The lowest BCUT2D eigenvalue weighted by molar-refractivity contribution is -0.114. The second kappa shape index (κ2) is 8.57. The Balaban J connectivity index is 1.85. The molecule has 0 aliphatic rings. The number of carbonyl (C=O) groups excluding carboxylic acids is 1. The van der Waals surface area contributed by atoms with Crippen molar-refractivity contribution in [3.63, 3.8) is 0 Å². The number of hydrogen-bond acceptors (Lipinski definition) is 5. The van der Waals surface area contributed by atoms with Crippen molar-refractivity contribution in [3.05, 3.63) is 65.1 Å². The number of halogens is 1. The van der Waals surface area contributed by atoms with Crippen molar-refractivity contribution in [2.24, 2.45) is 0 Å². The Morgan fingerprint density at radius 1 is 1.25 bits per heavy atom. The lowest BCUT2D eigenvalue weighted by atomic mass is 9.92. The van der Waals surface area contributed by atoms with E-state index >= 15 is 4.39 Å². The zero-order chi connectivity index (χ0) is 22.8. The van der Waals surface area contributed by atoms with Gasteiger partial charge in [-0.05, 0) is 55.4 Å². The van der Waals surface area contributed by atoms with E-state index in [1.54, 1.807) is 37.5 Å². The minimum atomic E-state index is -0.377. The molecule has 2 heterocycles. The van der Waals surface area contributed by atoms with Gasteiger partial charge in [-0.25, -0.2) is 9.37 Å². The number of nitriles is 1. The van der Waals surface area contributed by atoms with Crippen molar-refractivity contribution in [1.29, 1.82) is 5.26 Å². The molecule has 2 aromatic carbocycles. The molecule has 0 aliphatic heterocycles. The first-order valence-electron chi connectivity index (χ1n) is 10.0. The van der Waals surface area contributed by atoms with Gasteiger partial charge in [0.1, 0.15) is 17.3 Å². The number of nitrogens with zero attached hydrogens (tertiary/aromatic N) is 3. The van der Waals surface area contributed by atoms with E-state index in [2.05, 4.69) is 31.9 Å². The molecule has 0 bridgehead atoms. The van der Waals surface area contributed by atoms with Crippen molar-refractivity contribution in [2.75, 3.05) is 12.4 Å². The van der Waals surface area contributed by atoms with Gasteiger partial charge in [0.15, 0.2) is 0 Å². The fourth-order valence-corrected chi connectivity index (χ4v) is 3.83. The third-order valence-corrected chi connectivity index (χ3v) is 5.16. The van der Waals surface area contributed by atoms with E-state index in [0.29, 0.717) is 40.3 Å². The Hall–Kier alpha value is -4.09. The summed E-state index contributed by atoms with van der Waals surface area (Å²) in [4.78, 5) is 15.5. The number of pyridine rings is 1. The molecule has 1 amide bonds. The number of aromatic amines is 1. The summed E-state index contributed by atoms with van der Waals surface area (Å²) in [5.41, 5.74) is 4.86. The Morgan fingerprint density at radius 2 is 2.06 bits per heavy atom. The third kappa shape index (κ3) is 3.94. The van der Waals surface area contributed by atoms with Crippen LogP contribution >= 0.6 is 0 Å². The largest absolute Gasteiger partial charge is 0.316 e. The van der Waals surface area contributed by atoms with Gasteiger partial charge >= 0.3 is 0 Å². The van der Waals surface area contributed by atoms with Crippen molar-refractivity contribution < 1.29 is 9.18 Å². The number of H-pyrrole nitrogens is 1. The molecular formula is C24H21FN6O. The molecule has 32 heavy (non-hydrogen) atoms. The van der Waals surface area contributed by atoms with Crippen molar-refractivity contribution in [1.82, 2.24) is 20.5 Å². The van der Waals surface area contributed by atoms with Gasteiger partial charge in [0.25, 0.3) is 0 Å². The van der Waals surface area contributed by atoms with E-state index in [1.807, 2.05) is 13.0 Å². The number of nitrogens with one attached hydrogen (secondary N) is 3. The molecule has 0 unspecified atom stereocenters. The minimum Gasteiger partial charge on any atom is -0.316 e. The lowest BCUT2D eigenvalue weighted by Crippen LogP contribution is -2.06. The maximum absolute atomic E-state index is 15.1. The van der Waals surface area contributed by atoms with E-state index in [4.69, 9.17) is 0 Å². The smallest absolute Gasteiger partial charge is 0.222 e. The second-order valence-corrected chi connectivity index (χ2v) is 7.54. The molecule has 4 rings (SSSR count). The summed E-state index contributed by atoms with van der Waals surface area (Å²) in [7, 11) is 1.81. The van der Waals surface area contributed by atoms with Gasteiger partial charge < -0.3 is 10.6 Å². The van der Waals surface area contributed by atoms with Crippen LogP contribution in [0.4, 0.5) is 10.2 Å². The maximum Gasteiger partial charge on any atom is 0.222 e. The fraction of sp³-hybridized carbons (Fsp3) is 0.167. The predicted molar refractivity (Wildman–Crippen MR) is 121 cm³/mol. The molecule has 3 N–H and O–H groups in total. The molecule has 8 heteroatoms. The van der Waals surface area contributed by atoms with Gasteiger partial charge in [-0.3, -0.25) is 9.89 Å². The van der Waals surface area contributed by atoms with Crippen LogP contribution in [0.5, 0.6) is 0 Å². The topological polar surface area (TPSA) is 106 Å². The Morgan fingerprint density at radius 3 is 2.69 bits per heavy atom. The van der Waals surface area contributed by atoms with Gasteiger partial charge in [0.2, 0.25) is 5.91 Å². The van der Waals surface area contributed by atoms with Crippen molar-refractivity contribution in [2.45, 2.75) is 20.4 Å². The molecule has 0 radical (unpaired) electrons. The molecule has 4 aromatic rings. The molecule has 0 saturated carbocycles. The summed E-state index contributed by atoms with van der Waals surface area (Å²) in [5.74, 6) is -0.146. The quantitative estimate of drug-likeness (QED) is 0.440. The van der Waals surface area contributed by atoms with E-state index in [-0.39, 0.29) is 11.7 Å². The molecule has 0 fully saturated rings. The second-order valence-electron chi connectivity index (χ2n) is 7.54. The van der Waals surface area contributed by atoms with Crippen LogP contribution in [0.3, 0.4) is 0 Å². The van der Waals surface area contributed by atoms with E-state index in [9.17, 15) is 10.1 Å². The molecule has 0 atom stereocenters. The number of fused-ring (bicyclic) bond motifs is 1. The first-order valence-corrected chi connectivity index (χ1v) is 10.0. The Labute approximate surface area is 184 Å². The first kappa shape index (κ1) is 21.2. The number of hydrogen-bond donors (Lipinski definition) is 3. The molecular weight excluding hydrogens is 407 g/mol.